The van der Waals surface area contributed by atoms with Crippen LogP contribution in [0, 0.1) is 0 Å². The van der Waals surface area contributed by atoms with Gasteiger partial charge in [0.15, 0.2) is 0 Å². The molecule has 0 heterocycles. The summed E-state index contributed by atoms with van der Waals surface area (Å²) in [6, 6.07) is 39.9. The molecule has 6 rings (SSSR count). The van der Waals surface area contributed by atoms with Gasteiger partial charge in [0.05, 0.1) is 0 Å². The molecule has 0 saturated heterocycles. The normalized spacial score (nSPS) is 22.7. The molecule has 0 spiro atoms. The van der Waals surface area contributed by atoms with Crippen LogP contribution in [0.3, 0.4) is 0 Å². The third-order valence-electron chi connectivity index (χ3n) is 9.92. The summed E-state index contributed by atoms with van der Waals surface area (Å²) in [5.41, 5.74) is 10.3. The molecule has 0 bridgehead atoms. The van der Waals surface area contributed by atoms with Crippen LogP contribution in [0.15, 0.2) is 120 Å². The molecule has 0 aromatic heterocycles. The van der Waals surface area contributed by atoms with E-state index in [0.29, 0.717) is 0 Å². The van der Waals surface area contributed by atoms with Crippen molar-refractivity contribution in [2.45, 2.75) is 47.2 Å². The van der Waals surface area contributed by atoms with Gasteiger partial charge < -0.3 is 0 Å². The molecule has 0 amide bonds. The predicted octanol–water partition coefficient (Wildman–Crippen LogP) is 10.5. The molecule has 4 aromatic carbocycles. The van der Waals surface area contributed by atoms with Gasteiger partial charge in [0.2, 0.25) is 0 Å². The minimum atomic E-state index is -5.09. The Morgan fingerprint density at radius 2 is 0.900 bits per heavy atom. The Hall–Kier alpha value is -2.13. The van der Waals surface area contributed by atoms with Crippen molar-refractivity contribution in [1.29, 1.82) is 0 Å². The van der Waals surface area contributed by atoms with E-state index in [0.717, 1.165) is 12.8 Å². The van der Waals surface area contributed by atoms with Crippen LogP contribution in [0.2, 0.25) is 13.1 Å². The molecule has 0 fully saturated rings. The van der Waals surface area contributed by atoms with Gasteiger partial charge in [0, 0.05) is 0 Å². The van der Waals surface area contributed by atoms with E-state index in [-0.39, 0.29) is 0 Å². The van der Waals surface area contributed by atoms with E-state index < -0.39 is 26.5 Å². The van der Waals surface area contributed by atoms with Gasteiger partial charge in [-0.1, -0.05) is 0 Å². The van der Waals surface area contributed by atoms with Gasteiger partial charge in [-0.15, -0.1) is 0 Å². The summed E-state index contributed by atoms with van der Waals surface area (Å²) < 4.78 is -1.18. The Labute approximate surface area is 249 Å². The first-order valence-corrected chi connectivity index (χ1v) is 26.0. The van der Waals surface area contributed by atoms with Crippen LogP contribution in [0.4, 0.5) is 0 Å². The van der Waals surface area contributed by atoms with Gasteiger partial charge in [-0.2, -0.15) is 0 Å². The molecular formula is C36H37Cl2SiTi. The Morgan fingerprint density at radius 3 is 1.25 bits per heavy atom. The first-order chi connectivity index (χ1) is 19.3. The average molecular weight is 617 g/mol. The molecule has 4 aromatic rings. The van der Waals surface area contributed by atoms with Crippen molar-refractivity contribution in [2.24, 2.45) is 0 Å². The average Bonchev–Trinajstić information content (AvgIpc) is 3.53. The van der Waals surface area contributed by atoms with Crippen molar-refractivity contribution in [2.75, 3.05) is 0 Å². The summed E-state index contributed by atoms with van der Waals surface area (Å²) >= 11 is -5.09. The Morgan fingerprint density at radius 1 is 0.550 bits per heavy atom. The van der Waals surface area contributed by atoms with E-state index in [1.807, 2.05) is 0 Å². The van der Waals surface area contributed by atoms with Crippen LogP contribution in [-0.4, -0.2) is 6.66 Å². The van der Waals surface area contributed by atoms with Crippen molar-refractivity contribution >= 4 is 37.4 Å². The van der Waals surface area contributed by atoms with Gasteiger partial charge >= 0.3 is 251 Å². The van der Waals surface area contributed by atoms with E-state index in [2.05, 4.69) is 148 Å². The van der Waals surface area contributed by atoms with Crippen molar-refractivity contribution in [3.05, 3.63) is 154 Å². The SMILES string of the molecule is CCC1=Cc2ccccc2[C]1(c1ccccc1)[Ti]([Cl])([Cl])([SiH](C)C)[C]1(c2ccccc2)C(CC)=Cc2ccccc21. The van der Waals surface area contributed by atoms with Crippen molar-refractivity contribution < 1.29 is 12.4 Å². The molecule has 0 radical (unpaired) electrons. The maximum absolute atomic E-state index is 9.06. The van der Waals surface area contributed by atoms with Crippen LogP contribution in [-0.2, 0) is 19.9 Å². The number of halogens is 2. The van der Waals surface area contributed by atoms with Gasteiger partial charge in [-0.05, 0) is 0 Å². The Balaban J connectivity index is 1.92. The maximum atomic E-state index is 9.06. The molecule has 2 aliphatic carbocycles. The molecule has 2 unspecified atom stereocenters. The van der Waals surface area contributed by atoms with E-state index in [1.165, 1.54) is 44.5 Å². The number of benzene rings is 4. The van der Waals surface area contributed by atoms with Crippen molar-refractivity contribution in [1.82, 2.24) is 0 Å². The molecule has 4 heteroatoms. The van der Waals surface area contributed by atoms with Crippen molar-refractivity contribution in [3.63, 3.8) is 0 Å². The molecular weight excluding hydrogens is 579 g/mol. The number of allylic oxidation sites excluding steroid dienone is 2. The fourth-order valence-electron chi connectivity index (χ4n) is 8.42. The zero-order chi connectivity index (χ0) is 28.2. The number of hydrogen-bond acceptors (Lipinski definition) is 0. The number of rotatable bonds is 7. The fourth-order valence-corrected chi connectivity index (χ4v) is 35.9. The van der Waals surface area contributed by atoms with E-state index in [9.17, 15) is 0 Å². The number of hydrogen-bond donors (Lipinski definition) is 0. The zero-order valence-electron chi connectivity index (χ0n) is 23.8. The van der Waals surface area contributed by atoms with Crippen LogP contribution in [0.5, 0.6) is 0 Å². The second-order valence-corrected chi connectivity index (χ2v) is 40.2. The second kappa shape index (κ2) is 10.0. The molecule has 203 valence electrons. The minimum absolute atomic E-state index is 0.588. The Kier molecular flexibility index (Phi) is 7.00. The third kappa shape index (κ3) is 3.25. The van der Waals surface area contributed by atoms with E-state index in [4.69, 9.17) is 18.6 Å². The molecule has 0 N–H and O–H groups in total. The second-order valence-electron chi connectivity index (χ2n) is 11.7. The van der Waals surface area contributed by atoms with E-state index >= 15 is 0 Å². The summed E-state index contributed by atoms with van der Waals surface area (Å²) in [5, 5.41) is 0. The summed E-state index contributed by atoms with van der Waals surface area (Å²) in [7, 11) is 18.1. The summed E-state index contributed by atoms with van der Waals surface area (Å²) in [6.45, 7) is 7.57. The molecule has 2 aliphatic rings. The predicted molar refractivity (Wildman–Crippen MR) is 174 cm³/mol. The van der Waals surface area contributed by atoms with Crippen LogP contribution >= 0.6 is 18.6 Å². The molecule has 40 heavy (non-hydrogen) atoms. The molecule has 0 saturated carbocycles. The van der Waals surface area contributed by atoms with Gasteiger partial charge in [0.1, 0.15) is 0 Å². The summed E-state index contributed by atoms with van der Waals surface area (Å²) in [6.07, 6.45) is 6.62. The topological polar surface area (TPSA) is 0 Å². The van der Waals surface area contributed by atoms with Gasteiger partial charge in [0.25, 0.3) is 0 Å². The first-order valence-electron chi connectivity index (χ1n) is 14.6. The quantitative estimate of drug-likeness (QED) is 0.181. The molecule has 0 aliphatic heterocycles. The van der Waals surface area contributed by atoms with E-state index in [1.54, 1.807) is 0 Å². The fraction of sp³-hybridized carbons (Fsp3) is 0.222. The van der Waals surface area contributed by atoms with Crippen LogP contribution in [0.1, 0.15) is 60.1 Å². The Bertz CT molecular complexity index is 1520. The summed E-state index contributed by atoms with van der Waals surface area (Å²) in [4.78, 5) is 0. The number of fused-ring (bicyclic) bond motifs is 2. The first kappa shape index (κ1) is 28.0. The third-order valence-corrected chi connectivity index (χ3v) is 47.5. The van der Waals surface area contributed by atoms with Gasteiger partial charge in [-0.3, -0.25) is 0 Å². The molecule has 0 nitrogen and oxygen atoms in total. The van der Waals surface area contributed by atoms with Crippen molar-refractivity contribution in [3.8, 4) is 0 Å². The standard InChI is InChI=1S/2C17H15.C2H7Si.2ClH.Ti/c2*1-2-13-12-15-10-6-7-11-16(15)17(13)14-8-4-3-5-9-14;1-3-2;;;/h2*3-12H,2H2,1H3;3H,1-2H3;2*1H;/q;;;;;+2/p-2. The summed E-state index contributed by atoms with van der Waals surface area (Å²) in [5.74, 6) is 0. The van der Waals surface area contributed by atoms with Gasteiger partial charge in [-0.25, -0.2) is 0 Å². The van der Waals surface area contributed by atoms with Crippen LogP contribution in [0.25, 0.3) is 12.2 Å². The van der Waals surface area contributed by atoms with Crippen LogP contribution < -0.4 is 0 Å². The molecule has 2 atom stereocenters. The monoisotopic (exact) mass is 615 g/mol. The zero-order valence-corrected chi connectivity index (χ0v) is 28.0.